The van der Waals surface area contributed by atoms with Crippen LogP contribution in [0.2, 0.25) is 0 Å². The standard InChI is InChI=1S/C27H24N2O4/c1-19(30)29-25(21-11-7-4-8-12-21)18-24(28-29)23-15-14-22(32-2)17-26(23)33-27(31)16-13-20-9-5-3-6-10-20/h3-17,25H,18H2,1-2H3/b16-13+/t25-/m0/s1. The number of methoxy groups -OCH3 is 1. The fourth-order valence-electron chi connectivity index (χ4n) is 3.72. The third kappa shape index (κ3) is 5.18. The second-order valence-corrected chi connectivity index (χ2v) is 7.57. The molecule has 0 radical (unpaired) electrons. The zero-order valence-electron chi connectivity index (χ0n) is 18.5. The average molecular weight is 440 g/mol. The number of rotatable bonds is 6. The van der Waals surface area contributed by atoms with Crippen LogP contribution in [0.25, 0.3) is 6.08 Å². The maximum atomic E-state index is 12.6. The van der Waals surface area contributed by atoms with E-state index in [-0.39, 0.29) is 11.9 Å². The molecule has 6 heteroatoms. The van der Waals surface area contributed by atoms with Crippen molar-refractivity contribution in [2.45, 2.75) is 19.4 Å². The first-order valence-corrected chi connectivity index (χ1v) is 10.6. The predicted molar refractivity (Wildman–Crippen MR) is 127 cm³/mol. The second kappa shape index (κ2) is 9.96. The van der Waals surface area contributed by atoms with Crippen LogP contribution in [0.3, 0.4) is 0 Å². The monoisotopic (exact) mass is 440 g/mol. The zero-order valence-corrected chi connectivity index (χ0v) is 18.5. The normalized spacial score (nSPS) is 15.4. The average Bonchev–Trinajstić information content (AvgIpc) is 3.29. The summed E-state index contributed by atoms with van der Waals surface area (Å²) < 4.78 is 11.0. The third-order valence-corrected chi connectivity index (χ3v) is 5.34. The Morgan fingerprint density at radius 1 is 1.00 bits per heavy atom. The van der Waals surface area contributed by atoms with Crippen LogP contribution in [0, 0.1) is 0 Å². The summed E-state index contributed by atoms with van der Waals surface area (Å²) in [6.07, 6.45) is 3.57. The van der Waals surface area contributed by atoms with Gasteiger partial charge in [0.1, 0.15) is 11.5 Å². The van der Waals surface area contributed by atoms with E-state index in [0.717, 1.165) is 11.1 Å². The third-order valence-electron chi connectivity index (χ3n) is 5.34. The van der Waals surface area contributed by atoms with Gasteiger partial charge in [-0.2, -0.15) is 5.10 Å². The molecule has 0 aromatic heterocycles. The Balaban J connectivity index is 1.62. The number of esters is 1. The molecule has 0 aliphatic carbocycles. The minimum absolute atomic E-state index is 0.156. The molecule has 0 spiro atoms. The van der Waals surface area contributed by atoms with Crippen LogP contribution in [0.4, 0.5) is 0 Å². The summed E-state index contributed by atoms with van der Waals surface area (Å²) in [6, 6.07) is 24.3. The number of carbonyl (C=O) groups excluding carboxylic acids is 2. The van der Waals surface area contributed by atoms with E-state index in [4.69, 9.17) is 9.47 Å². The summed E-state index contributed by atoms with van der Waals surface area (Å²) in [5.41, 5.74) is 3.19. The van der Waals surface area contributed by atoms with Gasteiger partial charge in [0.25, 0.3) is 0 Å². The number of hydrogen-bond acceptors (Lipinski definition) is 5. The van der Waals surface area contributed by atoms with Crippen molar-refractivity contribution < 1.29 is 19.1 Å². The second-order valence-electron chi connectivity index (χ2n) is 7.57. The van der Waals surface area contributed by atoms with Gasteiger partial charge in [-0.05, 0) is 29.3 Å². The summed E-state index contributed by atoms with van der Waals surface area (Å²) in [5.74, 6) is 0.204. The predicted octanol–water partition coefficient (Wildman–Crippen LogP) is 5.01. The maximum Gasteiger partial charge on any atom is 0.336 e. The lowest BCUT2D eigenvalue weighted by molar-refractivity contribution is -0.131. The van der Waals surface area contributed by atoms with Gasteiger partial charge >= 0.3 is 5.97 Å². The number of ether oxygens (including phenoxy) is 2. The molecule has 1 atom stereocenters. The van der Waals surface area contributed by atoms with Crippen molar-refractivity contribution >= 4 is 23.7 Å². The first-order chi connectivity index (χ1) is 16.0. The Labute approximate surface area is 192 Å². The molecule has 6 nitrogen and oxygen atoms in total. The highest BCUT2D eigenvalue weighted by Gasteiger charge is 2.32. The van der Waals surface area contributed by atoms with Gasteiger partial charge < -0.3 is 9.47 Å². The Hall–Kier alpha value is -4.19. The molecule has 1 aliphatic heterocycles. The van der Waals surface area contributed by atoms with Crippen LogP contribution in [0.1, 0.15) is 36.1 Å². The molecular weight excluding hydrogens is 416 g/mol. The quantitative estimate of drug-likeness (QED) is 0.307. The van der Waals surface area contributed by atoms with Gasteiger partial charge in [0, 0.05) is 31.1 Å². The number of carbonyl (C=O) groups is 2. The van der Waals surface area contributed by atoms with E-state index in [0.29, 0.717) is 29.2 Å². The lowest BCUT2D eigenvalue weighted by atomic mass is 9.98. The fraction of sp³-hybridized carbons (Fsp3) is 0.148. The molecule has 3 aromatic rings. The Kier molecular flexibility index (Phi) is 6.64. The highest BCUT2D eigenvalue weighted by molar-refractivity contribution is 6.06. The van der Waals surface area contributed by atoms with Crippen molar-refractivity contribution in [3.63, 3.8) is 0 Å². The SMILES string of the molecule is COc1ccc(C2=NN(C(C)=O)[C@H](c3ccccc3)C2)c(OC(=O)/C=C/c2ccccc2)c1. The van der Waals surface area contributed by atoms with Gasteiger partial charge in [0.15, 0.2) is 0 Å². The smallest absolute Gasteiger partial charge is 0.336 e. The van der Waals surface area contributed by atoms with Crippen molar-refractivity contribution in [2.24, 2.45) is 5.10 Å². The van der Waals surface area contributed by atoms with Crippen molar-refractivity contribution in [1.29, 1.82) is 0 Å². The first-order valence-electron chi connectivity index (χ1n) is 10.6. The Morgan fingerprint density at radius 3 is 2.36 bits per heavy atom. The van der Waals surface area contributed by atoms with E-state index < -0.39 is 5.97 Å². The van der Waals surface area contributed by atoms with E-state index in [1.807, 2.05) is 60.7 Å². The van der Waals surface area contributed by atoms with Crippen LogP contribution in [-0.4, -0.2) is 29.7 Å². The maximum absolute atomic E-state index is 12.6. The number of hydrazone groups is 1. The van der Waals surface area contributed by atoms with Gasteiger partial charge in [0.2, 0.25) is 5.91 Å². The molecule has 1 amide bonds. The van der Waals surface area contributed by atoms with E-state index in [1.165, 1.54) is 18.0 Å². The zero-order chi connectivity index (χ0) is 23.2. The van der Waals surface area contributed by atoms with Gasteiger partial charge in [0.05, 0.1) is 18.9 Å². The van der Waals surface area contributed by atoms with E-state index in [2.05, 4.69) is 5.10 Å². The molecule has 33 heavy (non-hydrogen) atoms. The molecule has 1 heterocycles. The Morgan fingerprint density at radius 2 is 1.70 bits per heavy atom. The largest absolute Gasteiger partial charge is 0.497 e. The molecule has 1 aliphatic rings. The number of benzene rings is 3. The summed E-state index contributed by atoms with van der Waals surface area (Å²) in [7, 11) is 1.55. The van der Waals surface area contributed by atoms with Crippen LogP contribution in [0.5, 0.6) is 11.5 Å². The first kappa shape index (κ1) is 22.0. The van der Waals surface area contributed by atoms with E-state index >= 15 is 0 Å². The summed E-state index contributed by atoms with van der Waals surface area (Å²) >= 11 is 0. The molecular formula is C27H24N2O4. The van der Waals surface area contributed by atoms with Crippen LogP contribution >= 0.6 is 0 Å². The lowest BCUT2D eigenvalue weighted by Gasteiger charge is -2.20. The van der Waals surface area contributed by atoms with Crippen molar-refractivity contribution in [3.8, 4) is 11.5 Å². The number of nitrogens with zero attached hydrogens (tertiary/aromatic N) is 2. The molecule has 4 rings (SSSR count). The van der Waals surface area contributed by atoms with Crippen LogP contribution in [-0.2, 0) is 9.59 Å². The van der Waals surface area contributed by atoms with Crippen molar-refractivity contribution in [1.82, 2.24) is 5.01 Å². The summed E-state index contributed by atoms with van der Waals surface area (Å²) in [6.45, 7) is 1.49. The Bertz CT molecular complexity index is 1200. The fourth-order valence-corrected chi connectivity index (χ4v) is 3.72. The number of amides is 1. The minimum Gasteiger partial charge on any atom is -0.497 e. The molecule has 3 aromatic carbocycles. The highest BCUT2D eigenvalue weighted by Crippen LogP contribution is 2.36. The number of hydrogen-bond donors (Lipinski definition) is 0. The molecule has 0 bridgehead atoms. The molecule has 0 fully saturated rings. The van der Waals surface area contributed by atoms with E-state index in [1.54, 1.807) is 31.4 Å². The molecule has 0 unspecified atom stereocenters. The van der Waals surface area contributed by atoms with Crippen LogP contribution in [0.15, 0.2) is 90.0 Å². The minimum atomic E-state index is -0.519. The summed E-state index contributed by atoms with van der Waals surface area (Å²) in [4.78, 5) is 24.9. The topological polar surface area (TPSA) is 68.2 Å². The van der Waals surface area contributed by atoms with Gasteiger partial charge in [-0.25, -0.2) is 9.80 Å². The van der Waals surface area contributed by atoms with Gasteiger partial charge in [-0.15, -0.1) is 0 Å². The molecule has 0 N–H and O–H groups in total. The summed E-state index contributed by atoms with van der Waals surface area (Å²) in [5, 5.41) is 6.06. The van der Waals surface area contributed by atoms with Gasteiger partial charge in [-0.1, -0.05) is 60.7 Å². The van der Waals surface area contributed by atoms with E-state index in [9.17, 15) is 9.59 Å². The van der Waals surface area contributed by atoms with Crippen molar-refractivity contribution in [2.75, 3.05) is 7.11 Å². The van der Waals surface area contributed by atoms with Crippen LogP contribution < -0.4 is 9.47 Å². The molecule has 166 valence electrons. The highest BCUT2D eigenvalue weighted by atomic mass is 16.5. The molecule has 0 saturated carbocycles. The lowest BCUT2D eigenvalue weighted by Crippen LogP contribution is -2.24. The van der Waals surface area contributed by atoms with Crippen molar-refractivity contribution in [3.05, 3.63) is 102 Å². The van der Waals surface area contributed by atoms with Gasteiger partial charge in [-0.3, -0.25) is 4.79 Å². The molecule has 0 saturated heterocycles.